The minimum atomic E-state index is -0.634. The number of amides is 1. The molecule has 2 aromatic rings. The van der Waals surface area contributed by atoms with Crippen molar-refractivity contribution in [2.24, 2.45) is 0 Å². The number of anilines is 1. The minimum Gasteiger partial charge on any atom is -0.495 e. The van der Waals surface area contributed by atoms with Gasteiger partial charge in [-0.2, -0.15) is 0 Å². The molecule has 3 nitrogen and oxygen atoms in total. The Balaban J connectivity index is 2.38. The second kappa shape index (κ2) is 6.45. The second-order valence-electron chi connectivity index (χ2n) is 4.38. The third kappa shape index (κ3) is 3.54. The van der Waals surface area contributed by atoms with Crippen LogP contribution in [0.2, 0.25) is 5.02 Å². The van der Waals surface area contributed by atoms with Gasteiger partial charge < -0.3 is 10.1 Å². The van der Waals surface area contributed by atoms with Crippen LogP contribution in [0.4, 0.5) is 10.1 Å². The van der Waals surface area contributed by atoms with Crippen molar-refractivity contribution in [1.82, 2.24) is 0 Å². The van der Waals surface area contributed by atoms with E-state index < -0.39 is 11.7 Å². The maximum Gasteiger partial charge on any atom is 0.258 e. The molecule has 0 aliphatic carbocycles. The zero-order valence-electron chi connectivity index (χ0n) is 11.3. The van der Waals surface area contributed by atoms with Crippen LogP contribution in [0.15, 0.2) is 34.8 Å². The van der Waals surface area contributed by atoms with E-state index in [-0.39, 0.29) is 5.56 Å². The predicted molar refractivity (Wildman–Crippen MR) is 84.8 cm³/mol. The van der Waals surface area contributed by atoms with Crippen molar-refractivity contribution < 1.29 is 13.9 Å². The van der Waals surface area contributed by atoms with E-state index in [1.54, 1.807) is 6.07 Å². The zero-order valence-corrected chi connectivity index (χ0v) is 13.7. The maximum absolute atomic E-state index is 13.7. The molecule has 0 aliphatic rings. The molecule has 1 N–H and O–H groups in total. The van der Waals surface area contributed by atoms with Crippen molar-refractivity contribution >= 4 is 39.1 Å². The van der Waals surface area contributed by atoms with Crippen LogP contribution in [0, 0.1) is 12.7 Å². The molecule has 0 spiro atoms. The Morgan fingerprint density at radius 2 is 2.05 bits per heavy atom. The van der Waals surface area contributed by atoms with Crippen LogP contribution in [0.25, 0.3) is 0 Å². The van der Waals surface area contributed by atoms with E-state index in [1.807, 2.05) is 13.0 Å². The second-order valence-corrected chi connectivity index (χ2v) is 5.73. The highest BCUT2D eigenvalue weighted by molar-refractivity contribution is 9.10. The summed E-state index contributed by atoms with van der Waals surface area (Å²) in [5.74, 6) is -0.734. The quantitative estimate of drug-likeness (QED) is 0.839. The molecule has 0 radical (unpaired) electrons. The molecule has 0 atom stereocenters. The van der Waals surface area contributed by atoms with Gasteiger partial charge >= 0.3 is 0 Å². The highest BCUT2D eigenvalue weighted by Gasteiger charge is 2.16. The molecule has 110 valence electrons. The highest BCUT2D eigenvalue weighted by atomic mass is 79.9. The van der Waals surface area contributed by atoms with Crippen LogP contribution >= 0.6 is 27.5 Å². The molecule has 0 aromatic heterocycles. The van der Waals surface area contributed by atoms with Gasteiger partial charge in [0.15, 0.2) is 0 Å². The van der Waals surface area contributed by atoms with E-state index in [9.17, 15) is 9.18 Å². The lowest BCUT2D eigenvalue weighted by molar-refractivity contribution is 0.102. The summed E-state index contributed by atoms with van der Waals surface area (Å²) in [6.07, 6.45) is 0. The number of methoxy groups -OCH3 is 1. The number of carbonyl (C=O) groups excluding carboxylic acids is 1. The molecule has 6 heteroatoms. The lowest BCUT2D eigenvalue weighted by atomic mass is 10.1. The summed E-state index contributed by atoms with van der Waals surface area (Å²) in [5.41, 5.74) is 1.16. The summed E-state index contributed by atoms with van der Waals surface area (Å²) < 4.78 is 19.8. The molecular formula is C15H12BrClFNO2. The molecule has 2 aromatic carbocycles. The number of rotatable bonds is 3. The third-order valence-electron chi connectivity index (χ3n) is 2.90. The summed E-state index contributed by atoms with van der Waals surface area (Å²) in [6.45, 7) is 1.82. The number of carbonyl (C=O) groups is 1. The Labute approximate surface area is 135 Å². The van der Waals surface area contributed by atoms with Crippen molar-refractivity contribution in [3.63, 3.8) is 0 Å². The van der Waals surface area contributed by atoms with E-state index >= 15 is 0 Å². The van der Waals surface area contributed by atoms with Gasteiger partial charge in [-0.25, -0.2) is 4.39 Å². The minimum absolute atomic E-state index is 0.119. The molecule has 0 heterocycles. The molecule has 0 unspecified atom stereocenters. The Morgan fingerprint density at radius 1 is 1.33 bits per heavy atom. The number of benzene rings is 2. The van der Waals surface area contributed by atoms with Gasteiger partial charge in [-0.05, 0) is 42.8 Å². The SMILES string of the molecule is COc1cc(Br)cc(C)c1NC(=O)c1cc(Cl)ccc1F. The van der Waals surface area contributed by atoms with Crippen LogP contribution in [0.3, 0.4) is 0 Å². The van der Waals surface area contributed by atoms with Gasteiger partial charge in [0, 0.05) is 9.50 Å². The highest BCUT2D eigenvalue weighted by Crippen LogP contribution is 2.32. The fraction of sp³-hybridized carbons (Fsp3) is 0.133. The van der Waals surface area contributed by atoms with Gasteiger partial charge in [-0.15, -0.1) is 0 Å². The standard InChI is InChI=1S/C15H12BrClFNO2/c1-8-5-9(16)6-13(21-2)14(8)19-15(20)11-7-10(17)3-4-12(11)18/h3-7H,1-2H3,(H,19,20). The number of aryl methyl sites for hydroxylation is 1. The average molecular weight is 373 g/mol. The molecule has 0 saturated heterocycles. The molecule has 0 saturated carbocycles. The molecular weight excluding hydrogens is 361 g/mol. The lowest BCUT2D eigenvalue weighted by Crippen LogP contribution is -2.15. The summed E-state index contributed by atoms with van der Waals surface area (Å²) in [6, 6.07) is 7.37. The summed E-state index contributed by atoms with van der Waals surface area (Å²) in [4.78, 5) is 12.2. The first kappa shape index (κ1) is 15.8. The van der Waals surface area contributed by atoms with Crippen LogP contribution in [-0.2, 0) is 0 Å². The molecule has 0 fully saturated rings. The van der Waals surface area contributed by atoms with E-state index in [0.717, 1.165) is 16.1 Å². The van der Waals surface area contributed by atoms with Crippen LogP contribution in [-0.4, -0.2) is 13.0 Å². The van der Waals surface area contributed by atoms with Crippen molar-refractivity contribution in [2.75, 3.05) is 12.4 Å². The van der Waals surface area contributed by atoms with Crippen LogP contribution in [0.1, 0.15) is 15.9 Å². The van der Waals surface area contributed by atoms with E-state index in [1.165, 1.54) is 19.2 Å². The first-order valence-electron chi connectivity index (χ1n) is 6.03. The molecule has 0 bridgehead atoms. The number of ether oxygens (including phenoxy) is 1. The molecule has 21 heavy (non-hydrogen) atoms. The first-order valence-corrected chi connectivity index (χ1v) is 7.20. The molecule has 2 rings (SSSR count). The van der Waals surface area contributed by atoms with Gasteiger partial charge in [0.05, 0.1) is 18.4 Å². The normalized spacial score (nSPS) is 10.3. The topological polar surface area (TPSA) is 38.3 Å². The number of hydrogen-bond acceptors (Lipinski definition) is 2. The summed E-state index contributed by atoms with van der Waals surface area (Å²) in [7, 11) is 1.50. The van der Waals surface area contributed by atoms with E-state index in [2.05, 4.69) is 21.2 Å². The number of nitrogens with one attached hydrogen (secondary N) is 1. The summed E-state index contributed by atoms with van der Waals surface area (Å²) in [5, 5.41) is 2.95. The van der Waals surface area contributed by atoms with Crippen molar-refractivity contribution in [2.45, 2.75) is 6.92 Å². The predicted octanol–water partition coefficient (Wildman–Crippen LogP) is 4.81. The maximum atomic E-state index is 13.7. The van der Waals surface area contributed by atoms with Crippen LogP contribution in [0.5, 0.6) is 5.75 Å². The first-order chi connectivity index (χ1) is 9.92. The van der Waals surface area contributed by atoms with Gasteiger partial charge in [-0.3, -0.25) is 4.79 Å². The number of hydrogen-bond donors (Lipinski definition) is 1. The number of halogens is 3. The fourth-order valence-electron chi connectivity index (χ4n) is 1.89. The van der Waals surface area contributed by atoms with Gasteiger partial charge in [0.2, 0.25) is 0 Å². The largest absolute Gasteiger partial charge is 0.495 e. The summed E-state index contributed by atoms with van der Waals surface area (Å²) >= 11 is 9.15. The zero-order chi connectivity index (χ0) is 15.6. The Morgan fingerprint density at radius 3 is 2.71 bits per heavy atom. The van der Waals surface area contributed by atoms with Crippen molar-refractivity contribution in [3.8, 4) is 5.75 Å². The van der Waals surface area contributed by atoms with Crippen molar-refractivity contribution in [3.05, 3.63) is 56.8 Å². The molecule has 1 amide bonds. The lowest BCUT2D eigenvalue weighted by Gasteiger charge is -2.14. The van der Waals surface area contributed by atoms with E-state index in [4.69, 9.17) is 16.3 Å². The smallest absolute Gasteiger partial charge is 0.258 e. The van der Waals surface area contributed by atoms with Gasteiger partial charge in [-0.1, -0.05) is 27.5 Å². The van der Waals surface area contributed by atoms with Crippen LogP contribution < -0.4 is 10.1 Å². The Hall–Kier alpha value is -1.59. The van der Waals surface area contributed by atoms with E-state index in [0.29, 0.717) is 16.5 Å². The fourth-order valence-corrected chi connectivity index (χ4v) is 2.61. The molecule has 0 aliphatic heterocycles. The van der Waals surface area contributed by atoms with Crippen molar-refractivity contribution in [1.29, 1.82) is 0 Å². The monoisotopic (exact) mass is 371 g/mol. The van der Waals surface area contributed by atoms with Gasteiger partial charge in [0.1, 0.15) is 11.6 Å². The average Bonchev–Trinajstić information content (AvgIpc) is 2.43. The Kier molecular flexibility index (Phi) is 4.85. The third-order valence-corrected chi connectivity index (χ3v) is 3.59. The Bertz CT molecular complexity index is 706. The van der Waals surface area contributed by atoms with Gasteiger partial charge in [0.25, 0.3) is 5.91 Å².